The number of hydrogen-bond donors (Lipinski definition) is 1. The molecule has 0 saturated heterocycles. The van der Waals surface area contributed by atoms with Gasteiger partial charge in [0.2, 0.25) is 0 Å². The van der Waals surface area contributed by atoms with Crippen LogP contribution in [0, 0.1) is 5.92 Å². The number of ether oxygens (including phenoxy) is 1. The molecule has 0 spiro atoms. The van der Waals surface area contributed by atoms with Crippen LogP contribution in [0.1, 0.15) is 13.8 Å². The van der Waals surface area contributed by atoms with Crippen molar-refractivity contribution < 1.29 is 4.74 Å². The second kappa shape index (κ2) is 8.73. The zero-order chi connectivity index (χ0) is 22.0. The highest BCUT2D eigenvalue weighted by atomic mass is 16.5. The van der Waals surface area contributed by atoms with Crippen LogP contribution >= 0.6 is 0 Å². The topological polar surface area (TPSA) is 81.9 Å². The lowest BCUT2D eigenvalue weighted by atomic mass is 10.0. The maximum atomic E-state index is 12.7. The van der Waals surface area contributed by atoms with Crippen LogP contribution in [0.2, 0.25) is 0 Å². The van der Waals surface area contributed by atoms with Gasteiger partial charge in [-0.25, -0.2) is 9.78 Å². The van der Waals surface area contributed by atoms with E-state index in [1.807, 2.05) is 60.9 Å². The van der Waals surface area contributed by atoms with Gasteiger partial charge in [0.25, 0.3) is 5.56 Å². The van der Waals surface area contributed by atoms with E-state index in [2.05, 4.69) is 17.1 Å². The summed E-state index contributed by atoms with van der Waals surface area (Å²) in [6.45, 7) is 5.39. The molecule has 2 aromatic carbocycles. The van der Waals surface area contributed by atoms with Gasteiger partial charge in [0.15, 0.2) is 11.2 Å². The Balaban J connectivity index is 1.89. The molecular formula is C24H26N4O3. The van der Waals surface area contributed by atoms with Crippen LogP contribution in [0.25, 0.3) is 33.7 Å². The second-order valence-corrected chi connectivity index (χ2v) is 7.96. The quantitative estimate of drug-likeness (QED) is 0.498. The number of nitrogens with one attached hydrogen (secondary N) is 1. The number of H-pyrrole nitrogens is 1. The summed E-state index contributed by atoms with van der Waals surface area (Å²) in [4.78, 5) is 32.4. The summed E-state index contributed by atoms with van der Waals surface area (Å²) in [5.74, 6) is 0.866. The lowest BCUT2D eigenvalue weighted by Crippen LogP contribution is -2.32. The molecule has 2 aromatic heterocycles. The molecule has 0 amide bonds. The Morgan fingerprint density at radius 3 is 2.23 bits per heavy atom. The Morgan fingerprint density at radius 1 is 0.935 bits per heavy atom. The summed E-state index contributed by atoms with van der Waals surface area (Å²) in [5.41, 5.74) is 3.02. The number of rotatable bonds is 7. The standard InChI is InChI=1S/C24H26N4O3/c1-16(2)15-28-22-20(23(29)26-24(28)30)27(13-14-31-3)21(25-22)19-11-9-18(10-12-19)17-7-5-4-6-8-17/h4-12,16H,13-15H2,1-3H3,(H,26,29,30). The summed E-state index contributed by atoms with van der Waals surface area (Å²) in [6.07, 6.45) is 0. The molecule has 0 aliphatic heterocycles. The highest BCUT2D eigenvalue weighted by molar-refractivity contribution is 5.78. The molecule has 1 N–H and O–H groups in total. The van der Waals surface area contributed by atoms with Crippen molar-refractivity contribution in [1.29, 1.82) is 0 Å². The van der Waals surface area contributed by atoms with E-state index < -0.39 is 11.2 Å². The molecule has 0 bridgehead atoms. The smallest absolute Gasteiger partial charge is 0.330 e. The van der Waals surface area contributed by atoms with Gasteiger partial charge in [0.05, 0.1) is 6.61 Å². The predicted octanol–water partition coefficient (Wildman–Crippen LogP) is 3.52. The zero-order valence-electron chi connectivity index (χ0n) is 18.0. The molecule has 7 nitrogen and oxygen atoms in total. The first-order valence-electron chi connectivity index (χ1n) is 10.4. The molecule has 0 saturated carbocycles. The van der Waals surface area contributed by atoms with E-state index in [4.69, 9.17) is 9.72 Å². The number of benzene rings is 2. The number of aromatic nitrogens is 4. The molecule has 0 aliphatic carbocycles. The van der Waals surface area contributed by atoms with E-state index in [9.17, 15) is 9.59 Å². The van der Waals surface area contributed by atoms with Gasteiger partial charge < -0.3 is 9.30 Å². The highest BCUT2D eigenvalue weighted by Crippen LogP contribution is 2.26. The van der Waals surface area contributed by atoms with Gasteiger partial charge in [-0.2, -0.15) is 0 Å². The first-order chi connectivity index (χ1) is 15.0. The van der Waals surface area contributed by atoms with Crippen LogP contribution in [-0.2, 0) is 17.8 Å². The van der Waals surface area contributed by atoms with E-state index >= 15 is 0 Å². The van der Waals surface area contributed by atoms with Crippen molar-refractivity contribution in [2.45, 2.75) is 26.9 Å². The fourth-order valence-electron chi connectivity index (χ4n) is 3.77. The maximum Gasteiger partial charge on any atom is 0.330 e. The minimum atomic E-state index is -0.437. The minimum absolute atomic E-state index is 0.226. The first-order valence-corrected chi connectivity index (χ1v) is 10.4. The van der Waals surface area contributed by atoms with Crippen LogP contribution < -0.4 is 11.2 Å². The summed E-state index contributed by atoms with van der Waals surface area (Å²) >= 11 is 0. The van der Waals surface area contributed by atoms with Gasteiger partial charge >= 0.3 is 5.69 Å². The average molecular weight is 418 g/mol. The van der Waals surface area contributed by atoms with Crippen LogP contribution in [0.15, 0.2) is 64.2 Å². The molecule has 0 fully saturated rings. The van der Waals surface area contributed by atoms with Crippen molar-refractivity contribution in [1.82, 2.24) is 19.1 Å². The van der Waals surface area contributed by atoms with Crippen molar-refractivity contribution in [3.05, 3.63) is 75.4 Å². The molecule has 31 heavy (non-hydrogen) atoms. The highest BCUT2D eigenvalue weighted by Gasteiger charge is 2.20. The van der Waals surface area contributed by atoms with E-state index in [1.165, 1.54) is 0 Å². The van der Waals surface area contributed by atoms with Crippen molar-refractivity contribution in [3.8, 4) is 22.5 Å². The van der Waals surface area contributed by atoms with Crippen molar-refractivity contribution in [3.63, 3.8) is 0 Å². The molecular weight excluding hydrogens is 392 g/mol. The van der Waals surface area contributed by atoms with E-state index in [1.54, 1.807) is 11.7 Å². The van der Waals surface area contributed by atoms with Crippen molar-refractivity contribution >= 4 is 11.2 Å². The maximum absolute atomic E-state index is 12.7. The normalized spacial score (nSPS) is 11.5. The lowest BCUT2D eigenvalue weighted by molar-refractivity contribution is 0.188. The van der Waals surface area contributed by atoms with E-state index in [0.717, 1.165) is 16.7 Å². The number of aromatic amines is 1. The summed E-state index contributed by atoms with van der Waals surface area (Å²) in [5, 5.41) is 0. The largest absolute Gasteiger partial charge is 0.383 e. The van der Waals surface area contributed by atoms with E-state index in [-0.39, 0.29) is 5.92 Å². The first kappa shape index (κ1) is 20.8. The van der Waals surface area contributed by atoms with Gasteiger partial charge in [-0.1, -0.05) is 68.4 Å². The molecule has 7 heteroatoms. The number of hydrogen-bond acceptors (Lipinski definition) is 4. The average Bonchev–Trinajstić information content (AvgIpc) is 3.15. The zero-order valence-corrected chi connectivity index (χ0v) is 18.0. The second-order valence-electron chi connectivity index (χ2n) is 7.96. The third-order valence-electron chi connectivity index (χ3n) is 5.20. The third kappa shape index (κ3) is 4.09. The van der Waals surface area contributed by atoms with Crippen LogP contribution in [-0.4, -0.2) is 32.8 Å². The summed E-state index contributed by atoms with van der Waals surface area (Å²) < 4.78 is 8.65. The molecule has 160 valence electrons. The van der Waals surface area contributed by atoms with Crippen LogP contribution in [0.3, 0.4) is 0 Å². The van der Waals surface area contributed by atoms with Gasteiger partial charge in [0, 0.05) is 25.8 Å². The molecule has 2 heterocycles. The Morgan fingerprint density at radius 2 is 1.58 bits per heavy atom. The van der Waals surface area contributed by atoms with Gasteiger partial charge in [-0.3, -0.25) is 14.3 Å². The predicted molar refractivity (Wildman–Crippen MR) is 122 cm³/mol. The fraction of sp³-hybridized carbons (Fsp3) is 0.292. The Kier molecular flexibility index (Phi) is 5.86. The Bertz CT molecular complexity index is 1300. The SMILES string of the molecule is COCCn1c(-c2ccc(-c3ccccc3)cc2)nc2c1c(=O)[nH]c(=O)n2CC(C)C. The third-order valence-corrected chi connectivity index (χ3v) is 5.20. The lowest BCUT2D eigenvalue weighted by Gasteiger charge is -2.10. The van der Waals surface area contributed by atoms with Gasteiger partial charge in [0.1, 0.15) is 5.82 Å². The summed E-state index contributed by atoms with van der Waals surface area (Å²) in [6, 6.07) is 18.2. The van der Waals surface area contributed by atoms with Crippen LogP contribution in [0.5, 0.6) is 0 Å². The number of methoxy groups -OCH3 is 1. The van der Waals surface area contributed by atoms with Crippen molar-refractivity contribution in [2.75, 3.05) is 13.7 Å². The summed E-state index contributed by atoms with van der Waals surface area (Å²) in [7, 11) is 1.62. The van der Waals surface area contributed by atoms with E-state index in [0.29, 0.717) is 36.7 Å². The molecule has 0 unspecified atom stereocenters. The molecule has 0 radical (unpaired) electrons. The van der Waals surface area contributed by atoms with Crippen molar-refractivity contribution in [2.24, 2.45) is 5.92 Å². The Hall–Kier alpha value is -3.45. The number of fused-ring (bicyclic) bond motifs is 1. The molecule has 4 aromatic rings. The van der Waals surface area contributed by atoms with Gasteiger partial charge in [-0.05, 0) is 17.0 Å². The van der Waals surface area contributed by atoms with Crippen LogP contribution in [0.4, 0.5) is 0 Å². The molecule has 4 rings (SSSR count). The monoisotopic (exact) mass is 418 g/mol. The molecule has 0 atom stereocenters. The fourth-order valence-corrected chi connectivity index (χ4v) is 3.77. The molecule has 0 aliphatic rings. The Labute approximate surface area is 180 Å². The number of imidazole rings is 1. The minimum Gasteiger partial charge on any atom is -0.383 e. The van der Waals surface area contributed by atoms with Gasteiger partial charge in [-0.15, -0.1) is 0 Å². The number of nitrogens with zero attached hydrogens (tertiary/aromatic N) is 3.